The standard InChI is InChI=1S/C13H18N2O4/c1-19-10(8-14)7-11(16)15-12(13(17)18)9-5-3-2-4-6-9/h2-6,10,12H,7-8,14H2,1H3,(H,15,16)(H,17,18)/t10?,12-/m1/s1. The van der Waals surface area contributed by atoms with Gasteiger partial charge < -0.3 is 20.9 Å². The Morgan fingerprint density at radius 1 is 1.37 bits per heavy atom. The minimum atomic E-state index is -1.11. The van der Waals surface area contributed by atoms with Crippen molar-refractivity contribution in [1.29, 1.82) is 0 Å². The Bertz CT molecular complexity index is 418. The topological polar surface area (TPSA) is 102 Å². The number of benzene rings is 1. The second-order valence-corrected chi connectivity index (χ2v) is 4.05. The minimum Gasteiger partial charge on any atom is -0.479 e. The summed E-state index contributed by atoms with van der Waals surface area (Å²) in [5.74, 6) is -1.52. The molecule has 0 heterocycles. The van der Waals surface area contributed by atoms with Crippen molar-refractivity contribution in [3.05, 3.63) is 35.9 Å². The van der Waals surface area contributed by atoms with Gasteiger partial charge >= 0.3 is 5.97 Å². The molecule has 0 radical (unpaired) electrons. The van der Waals surface area contributed by atoms with Gasteiger partial charge in [-0.3, -0.25) is 4.79 Å². The summed E-state index contributed by atoms with van der Waals surface area (Å²) >= 11 is 0. The fourth-order valence-corrected chi connectivity index (χ4v) is 1.62. The number of aliphatic carboxylic acids is 1. The molecule has 0 aliphatic heterocycles. The molecule has 6 heteroatoms. The minimum absolute atomic E-state index is 0.0314. The Hall–Kier alpha value is -1.92. The zero-order valence-corrected chi connectivity index (χ0v) is 10.7. The predicted molar refractivity (Wildman–Crippen MR) is 69.4 cm³/mol. The number of hydrogen-bond donors (Lipinski definition) is 3. The number of carbonyl (C=O) groups is 2. The number of carboxylic acid groups (broad SMARTS) is 1. The molecule has 1 unspecified atom stereocenters. The van der Waals surface area contributed by atoms with Gasteiger partial charge in [-0.15, -0.1) is 0 Å². The summed E-state index contributed by atoms with van der Waals surface area (Å²) in [5, 5.41) is 11.6. The molecule has 0 saturated carbocycles. The molecule has 2 atom stereocenters. The Labute approximate surface area is 111 Å². The van der Waals surface area contributed by atoms with Crippen LogP contribution >= 0.6 is 0 Å². The van der Waals surface area contributed by atoms with E-state index in [9.17, 15) is 9.59 Å². The smallest absolute Gasteiger partial charge is 0.330 e. The SMILES string of the molecule is COC(CN)CC(=O)N[C@@H](C(=O)O)c1ccccc1. The van der Waals surface area contributed by atoms with Crippen LogP contribution in [0.4, 0.5) is 0 Å². The maximum absolute atomic E-state index is 11.7. The number of ether oxygens (including phenoxy) is 1. The highest BCUT2D eigenvalue weighted by atomic mass is 16.5. The average molecular weight is 266 g/mol. The molecule has 0 aromatic heterocycles. The lowest BCUT2D eigenvalue weighted by Gasteiger charge is -2.17. The molecule has 0 bridgehead atoms. The first-order valence-electron chi connectivity index (χ1n) is 5.88. The summed E-state index contributed by atoms with van der Waals surface area (Å²) in [6.07, 6.45) is -0.380. The Kier molecular flexibility index (Phi) is 5.98. The molecule has 0 spiro atoms. The molecule has 6 nitrogen and oxygen atoms in total. The number of nitrogens with one attached hydrogen (secondary N) is 1. The van der Waals surface area contributed by atoms with Gasteiger partial charge in [0.2, 0.25) is 5.91 Å². The van der Waals surface area contributed by atoms with Crippen LogP contribution in [-0.4, -0.2) is 36.7 Å². The molecule has 19 heavy (non-hydrogen) atoms. The normalized spacial score (nSPS) is 13.6. The van der Waals surface area contributed by atoms with Crippen molar-refractivity contribution in [3.8, 4) is 0 Å². The van der Waals surface area contributed by atoms with Crippen molar-refractivity contribution in [2.75, 3.05) is 13.7 Å². The lowest BCUT2D eigenvalue weighted by molar-refractivity contribution is -0.142. The lowest BCUT2D eigenvalue weighted by atomic mass is 10.1. The molecule has 0 aliphatic rings. The Balaban J connectivity index is 2.70. The fraction of sp³-hybridized carbons (Fsp3) is 0.385. The van der Waals surface area contributed by atoms with Gasteiger partial charge in [0.05, 0.1) is 12.5 Å². The molecule has 104 valence electrons. The molecule has 0 saturated heterocycles. The van der Waals surface area contributed by atoms with Crippen LogP contribution in [0.15, 0.2) is 30.3 Å². The molecule has 1 rings (SSSR count). The van der Waals surface area contributed by atoms with E-state index in [1.165, 1.54) is 7.11 Å². The number of hydrogen-bond acceptors (Lipinski definition) is 4. The van der Waals surface area contributed by atoms with Crippen LogP contribution in [-0.2, 0) is 14.3 Å². The maximum atomic E-state index is 11.7. The van der Waals surface area contributed by atoms with Crippen LogP contribution in [0.3, 0.4) is 0 Å². The van der Waals surface area contributed by atoms with Crippen molar-refractivity contribution in [2.45, 2.75) is 18.6 Å². The first kappa shape index (κ1) is 15.1. The van der Waals surface area contributed by atoms with E-state index in [4.69, 9.17) is 15.6 Å². The number of rotatable bonds is 7. The summed E-state index contributed by atoms with van der Waals surface area (Å²) in [6, 6.07) is 7.44. The van der Waals surface area contributed by atoms with Crippen LogP contribution in [0.25, 0.3) is 0 Å². The van der Waals surface area contributed by atoms with E-state index in [0.717, 1.165) is 0 Å². The molecule has 1 amide bonds. The van der Waals surface area contributed by atoms with E-state index < -0.39 is 24.0 Å². The highest BCUT2D eigenvalue weighted by Gasteiger charge is 2.23. The first-order valence-corrected chi connectivity index (χ1v) is 5.88. The summed E-state index contributed by atoms with van der Waals surface area (Å²) in [4.78, 5) is 22.9. The van der Waals surface area contributed by atoms with Gasteiger partial charge in [-0.05, 0) is 5.56 Å². The van der Waals surface area contributed by atoms with Gasteiger partial charge in [-0.1, -0.05) is 30.3 Å². The quantitative estimate of drug-likeness (QED) is 0.658. The third-order valence-corrected chi connectivity index (χ3v) is 2.69. The van der Waals surface area contributed by atoms with Crippen molar-refractivity contribution in [2.24, 2.45) is 5.73 Å². The van der Waals surface area contributed by atoms with E-state index in [0.29, 0.717) is 5.56 Å². The van der Waals surface area contributed by atoms with E-state index in [2.05, 4.69) is 5.32 Å². The fourth-order valence-electron chi connectivity index (χ4n) is 1.62. The van der Waals surface area contributed by atoms with Gasteiger partial charge in [0.15, 0.2) is 6.04 Å². The van der Waals surface area contributed by atoms with Crippen LogP contribution in [0.5, 0.6) is 0 Å². The lowest BCUT2D eigenvalue weighted by Crippen LogP contribution is -2.37. The highest BCUT2D eigenvalue weighted by molar-refractivity contribution is 5.84. The van der Waals surface area contributed by atoms with E-state index >= 15 is 0 Å². The molecule has 4 N–H and O–H groups in total. The third kappa shape index (κ3) is 4.69. The van der Waals surface area contributed by atoms with Crippen molar-refractivity contribution < 1.29 is 19.4 Å². The van der Waals surface area contributed by atoms with E-state index in [1.54, 1.807) is 30.3 Å². The summed E-state index contributed by atoms with van der Waals surface area (Å²) in [6.45, 7) is 0.201. The van der Waals surface area contributed by atoms with Gasteiger partial charge in [-0.25, -0.2) is 4.79 Å². The summed E-state index contributed by atoms with van der Waals surface area (Å²) in [7, 11) is 1.46. The molecular weight excluding hydrogens is 248 g/mol. The van der Waals surface area contributed by atoms with Crippen molar-refractivity contribution >= 4 is 11.9 Å². The van der Waals surface area contributed by atoms with Gasteiger partial charge in [0.1, 0.15) is 0 Å². The average Bonchev–Trinajstić information content (AvgIpc) is 2.42. The first-order chi connectivity index (χ1) is 9.08. The largest absolute Gasteiger partial charge is 0.479 e. The number of carbonyl (C=O) groups excluding carboxylic acids is 1. The molecule has 0 aliphatic carbocycles. The van der Waals surface area contributed by atoms with Crippen LogP contribution in [0, 0.1) is 0 Å². The van der Waals surface area contributed by atoms with E-state index in [-0.39, 0.29) is 13.0 Å². The number of methoxy groups -OCH3 is 1. The Morgan fingerprint density at radius 2 is 2.00 bits per heavy atom. The second-order valence-electron chi connectivity index (χ2n) is 4.05. The molecular formula is C13H18N2O4. The zero-order chi connectivity index (χ0) is 14.3. The second kappa shape index (κ2) is 7.50. The monoisotopic (exact) mass is 266 g/mol. The third-order valence-electron chi connectivity index (χ3n) is 2.69. The van der Waals surface area contributed by atoms with Crippen molar-refractivity contribution in [1.82, 2.24) is 5.32 Å². The summed E-state index contributed by atoms with van der Waals surface area (Å²) in [5.41, 5.74) is 5.93. The maximum Gasteiger partial charge on any atom is 0.330 e. The van der Waals surface area contributed by atoms with Crippen LogP contribution < -0.4 is 11.1 Å². The highest BCUT2D eigenvalue weighted by Crippen LogP contribution is 2.13. The van der Waals surface area contributed by atoms with Crippen LogP contribution in [0.2, 0.25) is 0 Å². The number of nitrogens with two attached hydrogens (primary N) is 1. The molecule has 1 aromatic carbocycles. The zero-order valence-electron chi connectivity index (χ0n) is 10.7. The van der Waals surface area contributed by atoms with Gasteiger partial charge in [0.25, 0.3) is 0 Å². The molecule has 1 aromatic rings. The Morgan fingerprint density at radius 3 is 2.47 bits per heavy atom. The summed E-state index contributed by atoms with van der Waals surface area (Å²) < 4.78 is 4.98. The number of carboxylic acids is 1. The molecule has 0 fully saturated rings. The van der Waals surface area contributed by atoms with Gasteiger partial charge in [-0.2, -0.15) is 0 Å². The van der Waals surface area contributed by atoms with Crippen molar-refractivity contribution in [3.63, 3.8) is 0 Å². The van der Waals surface area contributed by atoms with Crippen LogP contribution in [0.1, 0.15) is 18.0 Å². The number of amides is 1. The predicted octanol–water partition coefficient (Wildman–Crippen LogP) is 0.292. The van der Waals surface area contributed by atoms with E-state index in [1.807, 2.05) is 0 Å². The van der Waals surface area contributed by atoms with Gasteiger partial charge in [0, 0.05) is 13.7 Å².